The van der Waals surface area contributed by atoms with E-state index in [2.05, 4.69) is 12.2 Å². The minimum atomic E-state index is 0.354. The summed E-state index contributed by atoms with van der Waals surface area (Å²) < 4.78 is 0. The summed E-state index contributed by atoms with van der Waals surface area (Å²) in [7, 11) is 0. The Morgan fingerprint density at radius 1 is 1.13 bits per heavy atom. The number of aliphatic hydroxyl groups is 1. The molecule has 0 bridgehead atoms. The third kappa shape index (κ3) is 5.53. The van der Waals surface area contributed by atoms with Crippen LogP contribution in [0.2, 0.25) is 0 Å². The quantitative estimate of drug-likeness (QED) is 0.547. The minimum absolute atomic E-state index is 0.354. The molecule has 1 saturated carbocycles. The van der Waals surface area contributed by atoms with Crippen LogP contribution in [0.25, 0.3) is 0 Å². The van der Waals surface area contributed by atoms with Crippen LogP contribution in [0.3, 0.4) is 0 Å². The van der Waals surface area contributed by atoms with Crippen molar-refractivity contribution >= 4 is 0 Å². The van der Waals surface area contributed by atoms with Crippen LogP contribution in [0.1, 0.15) is 58.3 Å². The molecule has 1 rings (SSSR count). The second kappa shape index (κ2) is 7.24. The predicted molar refractivity (Wildman–Crippen MR) is 65.0 cm³/mol. The van der Waals surface area contributed by atoms with Gasteiger partial charge in [0, 0.05) is 13.2 Å². The first-order chi connectivity index (χ1) is 7.33. The fourth-order valence-corrected chi connectivity index (χ4v) is 2.29. The Bertz CT molecular complexity index is 155. The van der Waals surface area contributed by atoms with E-state index in [1.807, 2.05) is 0 Å². The molecule has 0 aromatic heterocycles. The summed E-state index contributed by atoms with van der Waals surface area (Å²) in [4.78, 5) is 0. The van der Waals surface area contributed by atoms with Crippen LogP contribution < -0.4 is 5.32 Å². The van der Waals surface area contributed by atoms with Crippen molar-refractivity contribution in [3.63, 3.8) is 0 Å². The SMILES string of the molecule is CCCC1(CNCCCCCCO)CC1. The van der Waals surface area contributed by atoms with Gasteiger partial charge in [0.15, 0.2) is 0 Å². The van der Waals surface area contributed by atoms with E-state index in [0.29, 0.717) is 12.0 Å². The van der Waals surface area contributed by atoms with E-state index in [-0.39, 0.29) is 0 Å². The number of unbranched alkanes of at least 4 members (excludes halogenated alkanes) is 3. The van der Waals surface area contributed by atoms with Crippen LogP contribution >= 0.6 is 0 Å². The molecule has 0 spiro atoms. The van der Waals surface area contributed by atoms with Crippen molar-refractivity contribution in [3.8, 4) is 0 Å². The average molecular weight is 213 g/mol. The van der Waals surface area contributed by atoms with E-state index >= 15 is 0 Å². The molecule has 1 aliphatic carbocycles. The third-order valence-corrected chi connectivity index (χ3v) is 3.50. The van der Waals surface area contributed by atoms with Crippen LogP contribution in [0.4, 0.5) is 0 Å². The summed E-state index contributed by atoms with van der Waals surface area (Å²) in [5.41, 5.74) is 0.694. The molecule has 0 heterocycles. The lowest BCUT2D eigenvalue weighted by Gasteiger charge is -2.14. The molecule has 0 aromatic rings. The molecule has 0 atom stereocenters. The third-order valence-electron chi connectivity index (χ3n) is 3.50. The van der Waals surface area contributed by atoms with Gasteiger partial charge < -0.3 is 10.4 Å². The first-order valence-electron chi connectivity index (χ1n) is 6.64. The highest BCUT2D eigenvalue weighted by Crippen LogP contribution is 2.48. The van der Waals surface area contributed by atoms with Gasteiger partial charge in [0.2, 0.25) is 0 Å². The van der Waals surface area contributed by atoms with E-state index in [1.165, 1.54) is 51.5 Å². The molecule has 15 heavy (non-hydrogen) atoms. The topological polar surface area (TPSA) is 32.3 Å². The molecule has 0 saturated heterocycles. The van der Waals surface area contributed by atoms with Gasteiger partial charge in [0.25, 0.3) is 0 Å². The zero-order valence-electron chi connectivity index (χ0n) is 10.2. The lowest BCUT2D eigenvalue weighted by atomic mass is 10.0. The van der Waals surface area contributed by atoms with Gasteiger partial charge in [-0.2, -0.15) is 0 Å². The van der Waals surface area contributed by atoms with Gasteiger partial charge in [-0.15, -0.1) is 0 Å². The van der Waals surface area contributed by atoms with Crippen molar-refractivity contribution in [2.24, 2.45) is 5.41 Å². The van der Waals surface area contributed by atoms with Crippen molar-refractivity contribution in [1.82, 2.24) is 5.32 Å². The van der Waals surface area contributed by atoms with Crippen molar-refractivity contribution in [2.45, 2.75) is 58.3 Å². The Hall–Kier alpha value is -0.0800. The normalized spacial score (nSPS) is 18.0. The van der Waals surface area contributed by atoms with E-state index in [4.69, 9.17) is 5.11 Å². The van der Waals surface area contributed by atoms with E-state index in [9.17, 15) is 0 Å². The molecule has 1 fully saturated rings. The van der Waals surface area contributed by atoms with Gasteiger partial charge >= 0.3 is 0 Å². The Labute approximate surface area is 94.5 Å². The van der Waals surface area contributed by atoms with Gasteiger partial charge in [-0.25, -0.2) is 0 Å². The minimum Gasteiger partial charge on any atom is -0.396 e. The van der Waals surface area contributed by atoms with Crippen LogP contribution in [0.15, 0.2) is 0 Å². The second-order valence-corrected chi connectivity index (χ2v) is 5.06. The van der Waals surface area contributed by atoms with Gasteiger partial charge in [0.05, 0.1) is 0 Å². The van der Waals surface area contributed by atoms with Crippen LogP contribution in [-0.2, 0) is 0 Å². The molecule has 1 aliphatic rings. The van der Waals surface area contributed by atoms with Crippen molar-refractivity contribution < 1.29 is 5.11 Å². The smallest absolute Gasteiger partial charge is 0.0431 e. The summed E-state index contributed by atoms with van der Waals surface area (Å²) in [6.45, 7) is 5.04. The highest BCUT2D eigenvalue weighted by Gasteiger charge is 2.40. The van der Waals surface area contributed by atoms with Crippen molar-refractivity contribution in [3.05, 3.63) is 0 Å². The van der Waals surface area contributed by atoms with Gasteiger partial charge in [-0.05, 0) is 44.1 Å². The van der Waals surface area contributed by atoms with E-state index < -0.39 is 0 Å². The maximum atomic E-state index is 8.63. The fourth-order valence-electron chi connectivity index (χ4n) is 2.29. The number of hydrogen-bond donors (Lipinski definition) is 2. The van der Waals surface area contributed by atoms with Gasteiger partial charge in [-0.1, -0.05) is 26.2 Å². The molecular formula is C13H27NO. The summed E-state index contributed by atoms with van der Waals surface area (Å²) in [6, 6.07) is 0. The molecule has 90 valence electrons. The molecule has 0 amide bonds. The fraction of sp³-hybridized carbons (Fsp3) is 1.00. The molecule has 2 nitrogen and oxygen atoms in total. The number of rotatable bonds is 10. The summed E-state index contributed by atoms with van der Waals surface area (Å²) >= 11 is 0. The molecule has 0 radical (unpaired) electrons. The highest BCUT2D eigenvalue weighted by atomic mass is 16.2. The number of aliphatic hydroxyl groups excluding tert-OH is 1. The molecular weight excluding hydrogens is 186 g/mol. The Morgan fingerprint density at radius 3 is 2.47 bits per heavy atom. The lowest BCUT2D eigenvalue weighted by Crippen LogP contribution is -2.24. The zero-order valence-corrected chi connectivity index (χ0v) is 10.2. The number of nitrogens with one attached hydrogen (secondary N) is 1. The highest BCUT2D eigenvalue weighted by molar-refractivity contribution is 4.94. The first kappa shape index (κ1) is 13.0. The summed E-state index contributed by atoms with van der Waals surface area (Å²) in [5, 5.41) is 12.2. The molecule has 0 unspecified atom stereocenters. The summed E-state index contributed by atoms with van der Waals surface area (Å²) in [5.74, 6) is 0. The molecule has 0 aliphatic heterocycles. The number of hydrogen-bond acceptors (Lipinski definition) is 2. The Balaban J connectivity index is 1.84. The first-order valence-corrected chi connectivity index (χ1v) is 6.64. The summed E-state index contributed by atoms with van der Waals surface area (Å²) in [6.07, 6.45) is 10.3. The van der Waals surface area contributed by atoms with Crippen LogP contribution in [-0.4, -0.2) is 24.8 Å². The van der Waals surface area contributed by atoms with E-state index in [1.54, 1.807) is 0 Å². The largest absolute Gasteiger partial charge is 0.396 e. The molecule has 2 heteroatoms. The lowest BCUT2D eigenvalue weighted by molar-refractivity contribution is 0.282. The Morgan fingerprint density at radius 2 is 1.87 bits per heavy atom. The molecule has 0 aromatic carbocycles. The predicted octanol–water partition coefficient (Wildman–Crippen LogP) is 2.71. The van der Waals surface area contributed by atoms with Crippen molar-refractivity contribution in [2.75, 3.05) is 19.7 Å². The molecule has 2 N–H and O–H groups in total. The maximum Gasteiger partial charge on any atom is 0.0431 e. The Kier molecular flexibility index (Phi) is 6.26. The average Bonchev–Trinajstić information content (AvgIpc) is 2.98. The monoisotopic (exact) mass is 213 g/mol. The zero-order chi connectivity index (χ0) is 11.0. The maximum absolute atomic E-state index is 8.63. The standard InChI is InChI=1S/C13H27NO/c1-2-7-13(8-9-13)12-14-10-5-3-4-6-11-15/h14-15H,2-12H2,1H3. The second-order valence-electron chi connectivity index (χ2n) is 5.06. The van der Waals surface area contributed by atoms with Crippen LogP contribution in [0, 0.1) is 5.41 Å². The van der Waals surface area contributed by atoms with E-state index in [0.717, 1.165) is 13.0 Å². The van der Waals surface area contributed by atoms with Crippen LogP contribution in [0.5, 0.6) is 0 Å². The van der Waals surface area contributed by atoms with Gasteiger partial charge in [0.1, 0.15) is 0 Å². The van der Waals surface area contributed by atoms with Gasteiger partial charge in [-0.3, -0.25) is 0 Å². The van der Waals surface area contributed by atoms with Crippen molar-refractivity contribution in [1.29, 1.82) is 0 Å².